The minimum Gasteiger partial charge on any atom is -0.379 e. The van der Waals surface area contributed by atoms with Gasteiger partial charge in [0.05, 0.1) is 26.4 Å². The van der Waals surface area contributed by atoms with Gasteiger partial charge in [-0.2, -0.15) is 0 Å². The lowest BCUT2D eigenvalue weighted by Crippen LogP contribution is -2.39. The van der Waals surface area contributed by atoms with Gasteiger partial charge in [0, 0.05) is 32.5 Å². The monoisotopic (exact) mass is 354 g/mol. The minimum atomic E-state index is -0.336. The van der Waals surface area contributed by atoms with E-state index in [1.807, 2.05) is 0 Å². The van der Waals surface area contributed by atoms with Gasteiger partial charge in [0.2, 0.25) is 0 Å². The predicted octanol–water partition coefficient (Wildman–Crippen LogP) is 1.08. The quantitative estimate of drug-likeness (QED) is 0.422. The van der Waals surface area contributed by atoms with Crippen molar-refractivity contribution < 1.29 is 14.2 Å². The number of nitrogens with one attached hydrogen (secondary N) is 1. The van der Waals surface area contributed by atoms with Crippen LogP contribution in [0, 0.1) is 0 Å². The van der Waals surface area contributed by atoms with Crippen LogP contribution in [-0.4, -0.2) is 75.3 Å². The van der Waals surface area contributed by atoms with Gasteiger partial charge < -0.3 is 25.3 Å². The summed E-state index contributed by atoms with van der Waals surface area (Å²) in [7, 11) is 0. The molecule has 3 aliphatic rings. The van der Waals surface area contributed by atoms with Gasteiger partial charge in [0.25, 0.3) is 0 Å². The maximum atomic E-state index is 6.19. The zero-order valence-corrected chi connectivity index (χ0v) is 15.4. The number of hydrogen-bond acceptors (Lipinski definition) is 5. The third-order valence-electron chi connectivity index (χ3n) is 5.31. The van der Waals surface area contributed by atoms with E-state index < -0.39 is 0 Å². The number of ether oxygens (including phenoxy) is 3. The molecule has 0 aromatic carbocycles. The minimum absolute atomic E-state index is 0.0341. The van der Waals surface area contributed by atoms with Crippen molar-refractivity contribution in [3.63, 3.8) is 0 Å². The van der Waals surface area contributed by atoms with Crippen LogP contribution in [0.1, 0.15) is 44.9 Å². The summed E-state index contributed by atoms with van der Waals surface area (Å²) in [6, 6.07) is 0. The average molecular weight is 354 g/mol. The summed E-state index contributed by atoms with van der Waals surface area (Å²) in [4.78, 5) is 6.86. The molecular weight excluding hydrogens is 320 g/mol. The predicted molar refractivity (Wildman–Crippen MR) is 97.6 cm³/mol. The average Bonchev–Trinajstić information content (AvgIpc) is 2.89. The van der Waals surface area contributed by atoms with Crippen molar-refractivity contribution in [1.82, 2.24) is 10.2 Å². The largest absolute Gasteiger partial charge is 0.379 e. The molecular formula is C18H34N4O3. The van der Waals surface area contributed by atoms with E-state index in [9.17, 15) is 0 Å². The van der Waals surface area contributed by atoms with Gasteiger partial charge in [-0.15, -0.1) is 0 Å². The van der Waals surface area contributed by atoms with E-state index in [0.717, 1.165) is 58.7 Å². The van der Waals surface area contributed by atoms with Gasteiger partial charge in [-0.25, -0.2) is 0 Å². The Labute approximate surface area is 151 Å². The summed E-state index contributed by atoms with van der Waals surface area (Å²) in [6.45, 7) is 6.89. The maximum absolute atomic E-state index is 6.19. The first-order valence-electron chi connectivity index (χ1n) is 9.91. The van der Waals surface area contributed by atoms with E-state index in [2.05, 4.69) is 15.2 Å². The van der Waals surface area contributed by atoms with E-state index in [4.69, 9.17) is 19.9 Å². The van der Waals surface area contributed by atoms with Crippen LogP contribution in [0.4, 0.5) is 0 Å². The van der Waals surface area contributed by atoms with Crippen molar-refractivity contribution in [3.8, 4) is 0 Å². The molecule has 3 N–H and O–H groups in total. The number of guanidine groups is 1. The molecule has 2 heterocycles. The highest BCUT2D eigenvalue weighted by molar-refractivity contribution is 5.77. The summed E-state index contributed by atoms with van der Waals surface area (Å²) in [6.07, 6.45) is 8.10. The number of nitrogens with zero attached hydrogens (tertiary/aromatic N) is 2. The first-order chi connectivity index (χ1) is 12.3. The highest BCUT2D eigenvalue weighted by Crippen LogP contribution is 2.36. The molecule has 3 rings (SSSR count). The molecule has 25 heavy (non-hydrogen) atoms. The molecule has 7 nitrogen and oxygen atoms in total. The number of nitrogens with two attached hydrogens (primary N) is 1. The second kappa shape index (κ2) is 9.71. The number of rotatable bonds is 6. The second-order valence-corrected chi connectivity index (χ2v) is 7.34. The first kappa shape index (κ1) is 18.9. The normalized spacial score (nSPS) is 28.2. The Kier molecular flexibility index (Phi) is 7.34. The maximum Gasteiger partial charge on any atom is 0.188 e. The van der Waals surface area contributed by atoms with Crippen molar-refractivity contribution in [3.05, 3.63) is 0 Å². The molecule has 1 unspecified atom stereocenters. The lowest BCUT2D eigenvalue weighted by atomic mass is 10.1. The van der Waals surface area contributed by atoms with Crippen LogP contribution in [-0.2, 0) is 14.2 Å². The molecule has 7 heteroatoms. The van der Waals surface area contributed by atoms with Gasteiger partial charge in [-0.05, 0) is 25.8 Å². The topological polar surface area (TPSA) is 81.3 Å². The van der Waals surface area contributed by atoms with E-state index in [1.165, 1.54) is 25.7 Å². The Balaban J connectivity index is 1.30. The van der Waals surface area contributed by atoms with Crippen LogP contribution in [0.25, 0.3) is 0 Å². The number of aliphatic imine (C=N–C) groups is 1. The Morgan fingerprint density at radius 2 is 1.92 bits per heavy atom. The molecule has 2 aliphatic heterocycles. The van der Waals surface area contributed by atoms with E-state index in [0.29, 0.717) is 19.1 Å². The molecule has 0 radical (unpaired) electrons. The Morgan fingerprint density at radius 1 is 1.16 bits per heavy atom. The fraction of sp³-hybridized carbons (Fsp3) is 0.944. The Hall–Kier alpha value is -0.890. The van der Waals surface area contributed by atoms with E-state index in [1.54, 1.807) is 0 Å². The van der Waals surface area contributed by atoms with Crippen molar-refractivity contribution in [1.29, 1.82) is 0 Å². The van der Waals surface area contributed by atoms with Crippen molar-refractivity contribution >= 4 is 5.96 Å². The molecule has 0 amide bonds. The smallest absolute Gasteiger partial charge is 0.188 e. The third-order valence-corrected chi connectivity index (χ3v) is 5.31. The van der Waals surface area contributed by atoms with Gasteiger partial charge in [0.1, 0.15) is 6.10 Å². The lowest BCUT2D eigenvalue weighted by molar-refractivity contribution is -0.174. The van der Waals surface area contributed by atoms with E-state index >= 15 is 0 Å². The van der Waals surface area contributed by atoms with Crippen LogP contribution in [0.5, 0.6) is 0 Å². The SMILES string of the molecule is NC(=NCC1COC2(CCCCCC2)O1)NCCCN1CCOCC1. The number of hydrogen-bond donors (Lipinski definition) is 2. The molecule has 0 aromatic heterocycles. The lowest BCUT2D eigenvalue weighted by Gasteiger charge is -2.26. The molecule has 1 spiro atoms. The van der Waals surface area contributed by atoms with Gasteiger partial charge in [0.15, 0.2) is 11.7 Å². The molecule has 0 aromatic rings. The van der Waals surface area contributed by atoms with Crippen LogP contribution in [0.3, 0.4) is 0 Å². The summed E-state index contributed by atoms with van der Waals surface area (Å²) in [5.41, 5.74) is 5.97. The number of morpholine rings is 1. The van der Waals surface area contributed by atoms with Crippen LogP contribution in [0.15, 0.2) is 4.99 Å². The van der Waals surface area contributed by atoms with Gasteiger partial charge in [-0.1, -0.05) is 12.8 Å². The highest BCUT2D eigenvalue weighted by Gasteiger charge is 2.41. The Morgan fingerprint density at radius 3 is 2.68 bits per heavy atom. The molecule has 1 atom stereocenters. The fourth-order valence-electron chi connectivity index (χ4n) is 3.84. The van der Waals surface area contributed by atoms with Crippen LogP contribution < -0.4 is 11.1 Å². The van der Waals surface area contributed by atoms with Crippen molar-refractivity contribution in [2.75, 3.05) is 52.5 Å². The molecule has 144 valence electrons. The summed E-state index contributed by atoms with van der Waals surface area (Å²) in [5.74, 6) is 0.171. The van der Waals surface area contributed by atoms with Gasteiger partial charge >= 0.3 is 0 Å². The Bertz CT molecular complexity index is 419. The van der Waals surface area contributed by atoms with Crippen LogP contribution in [0.2, 0.25) is 0 Å². The highest BCUT2D eigenvalue weighted by atomic mass is 16.7. The molecule has 1 aliphatic carbocycles. The standard InChI is InChI=1S/C18H34N4O3/c19-17(20-8-5-9-22-10-12-23-13-11-22)21-14-16-15-24-18(25-16)6-3-1-2-4-7-18/h16H,1-15H2,(H3,19,20,21). The van der Waals surface area contributed by atoms with Crippen molar-refractivity contribution in [2.45, 2.75) is 56.8 Å². The summed E-state index contributed by atoms with van der Waals surface area (Å²) >= 11 is 0. The zero-order chi connectivity index (χ0) is 17.4. The van der Waals surface area contributed by atoms with Crippen molar-refractivity contribution in [2.24, 2.45) is 10.7 Å². The van der Waals surface area contributed by atoms with E-state index in [-0.39, 0.29) is 11.9 Å². The van der Waals surface area contributed by atoms with Gasteiger partial charge in [-0.3, -0.25) is 9.89 Å². The summed E-state index contributed by atoms with van der Waals surface area (Å²) in [5, 5.41) is 3.20. The molecule has 3 fully saturated rings. The molecule has 2 saturated heterocycles. The first-order valence-corrected chi connectivity index (χ1v) is 9.91. The third kappa shape index (κ3) is 6.09. The fourth-order valence-corrected chi connectivity index (χ4v) is 3.84. The van der Waals surface area contributed by atoms with Crippen LogP contribution >= 0.6 is 0 Å². The molecule has 0 bridgehead atoms. The second-order valence-electron chi connectivity index (χ2n) is 7.34. The molecule has 1 saturated carbocycles. The summed E-state index contributed by atoms with van der Waals surface area (Å²) < 4.78 is 17.6. The zero-order valence-electron chi connectivity index (χ0n) is 15.4.